The summed E-state index contributed by atoms with van der Waals surface area (Å²) in [5.41, 5.74) is -0.605. The second-order valence-corrected chi connectivity index (χ2v) is 6.74. The summed E-state index contributed by atoms with van der Waals surface area (Å²) in [6.45, 7) is 5.55. The smallest absolute Gasteiger partial charge is 0.270 e. The second kappa shape index (κ2) is 6.23. The lowest BCUT2D eigenvalue weighted by molar-refractivity contribution is -0.114. The van der Waals surface area contributed by atoms with Crippen LogP contribution >= 0.6 is 0 Å². The molecule has 134 valence electrons. The lowest BCUT2D eigenvalue weighted by Crippen LogP contribution is -2.36. The van der Waals surface area contributed by atoms with Crippen molar-refractivity contribution < 1.29 is 14.7 Å². The highest BCUT2D eigenvalue weighted by atomic mass is 16.3. The maximum absolute atomic E-state index is 12.8. The quantitative estimate of drug-likeness (QED) is 0.736. The van der Waals surface area contributed by atoms with Crippen LogP contribution in [0, 0.1) is 5.92 Å². The fourth-order valence-electron chi connectivity index (χ4n) is 2.63. The van der Waals surface area contributed by atoms with Crippen molar-refractivity contribution >= 4 is 23.3 Å². The standard InChI is InChI=1S/C16H21N5O4/c1-8(2)7-20-12-6-11(17-9(3)22)19-21(12)16(25)13(15(20)24)14(23)18-10-4-5-10/h6,8,10,25H,4-5,7H2,1-3H3,(H,18,23)(H,17,19,22). The topological polar surface area (TPSA) is 118 Å². The highest BCUT2D eigenvalue weighted by molar-refractivity contribution is 5.96. The van der Waals surface area contributed by atoms with E-state index in [0.717, 1.165) is 17.4 Å². The van der Waals surface area contributed by atoms with Crippen LogP contribution < -0.4 is 16.2 Å². The van der Waals surface area contributed by atoms with Gasteiger partial charge in [-0.2, -0.15) is 4.52 Å². The highest BCUT2D eigenvalue weighted by Gasteiger charge is 2.29. The van der Waals surface area contributed by atoms with Crippen LogP contribution in [0.5, 0.6) is 5.88 Å². The average Bonchev–Trinajstić information content (AvgIpc) is 3.20. The highest BCUT2D eigenvalue weighted by Crippen LogP contribution is 2.23. The first kappa shape index (κ1) is 17.0. The van der Waals surface area contributed by atoms with Gasteiger partial charge in [-0.1, -0.05) is 13.8 Å². The Labute approximate surface area is 143 Å². The molecule has 3 rings (SSSR count). The molecule has 0 radical (unpaired) electrons. The van der Waals surface area contributed by atoms with Crippen molar-refractivity contribution in [3.05, 3.63) is 22.0 Å². The van der Waals surface area contributed by atoms with Crippen molar-refractivity contribution in [2.24, 2.45) is 5.92 Å². The minimum atomic E-state index is -0.610. The summed E-state index contributed by atoms with van der Waals surface area (Å²) in [5.74, 6) is -1.15. The van der Waals surface area contributed by atoms with Crippen LogP contribution in [-0.2, 0) is 11.3 Å². The first-order valence-corrected chi connectivity index (χ1v) is 8.22. The summed E-state index contributed by atoms with van der Waals surface area (Å²) in [6, 6.07) is 1.54. The Balaban J connectivity index is 2.19. The molecule has 2 aromatic heterocycles. The minimum absolute atomic E-state index is 0.0492. The molecule has 0 unspecified atom stereocenters. The van der Waals surface area contributed by atoms with Crippen LogP contribution in [0.3, 0.4) is 0 Å². The van der Waals surface area contributed by atoms with Gasteiger partial charge in [0.05, 0.1) is 0 Å². The average molecular weight is 347 g/mol. The molecule has 9 heteroatoms. The van der Waals surface area contributed by atoms with Gasteiger partial charge in [0.2, 0.25) is 11.8 Å². The number of hydrogen-bond acceptors (Lipinski definition) is 5. The van der Waals surface area contributed by atoms with Crippen LogP contribution in [0.2, 0.25) is 0 Å². The number of fused-ring (bicyclic) bond motifs is 1. The third-order valence-corrected chi connectivity index (χ3v) is 3.84. The molecule has 1 saturated carbocycles. The maximum Gasteiger partial charge on any atom is 0.270 e. The first-order chi connectivity index (χ1) is 11.8. The van der Waals surface area contributed by atoms with E-state index in [0.29, 0.717) is 12.2 Å². The van der Waals surface area contributed by atoms with Crippen LogP contribution in [0.15, 0.2) is 10.9 Å². The molecule has 9 nitrogen and oxygen atoms in total. The normalized spacial score (nSPS) is 14.1. The second-order valence-electron chi connectivity index (χ2n) is 6.74. The SMILES string of the molecule is CC(=O)Nc1cc2n(CC(C)C)c(=O)c(C(=O)NC3CC3)c(O)n2n1. The fraction of sp³-hybridized carbons (Fsp3) is 0.500. The third-order valence-electron chi connectivity index (χ3n) is 3.84. The largest absolute Gasteiger partial charge is 0.492 e. The molecule has 1 fully saturated rings. The number of carbonyl (C=O) groups is 2. The van der Waals surface area contributed by atoms with Crippen LogP contribution in [0.4, 0.5) is 5.82 Å². The number of rotatable bonds is 5. The predicted octanol–water partition coefficient (Wildman–Crippen LogP) is 0.708. The van der Waals surface area contributed by atoms with Crippen LogP contribution in [-0.4, -0.2) is 37.1 Å². The van der Waals surface area contributed by atoms with E-state index in [1.165, 1.54) is 17.6 Å². The molecule has 0 bridgehead atoms. The van der Waals surface area contributed by atoms with Gasteiger partial charge in [-0.25, -0.2) is 0 Å². The van der Waals surface area contributed by atoms with Gasteiger partial charge in [0.25, 0.3) is 11.5 Å². The molecule has 2 aromatic rings. The monoisotopic (exact) mass is 347 g/mol. The summed E-state index contributed by atoms with van der Waals surface area (Å²) in [4.78, 5) is 36.5. The molecule has 3 N–H and O–H groups in total. The van der Waals surface area contributed by atoms with E-state index in [9.17, 15) is 19.5 Å². The summed E-state index contributed by atoms with van der Waals surface area (Å²) in [6.07, 6.45) is 1.73. The Morgan fingerprint density at radius 1 is 1.40 bits per heavy atom. The maximum atomic E-state index is 12.8. The van der Waals surface area contributed by atoms with E-state index in [-0.39, 0.29) is 29.2 Å². The number of carbonyl (C=O) groups excluding carboxylic acids is 2. The molecule has 0 aliphatic heterocycles. The van der Waals surface area contributed by atoms with Gasteiger partial charge in [0.1, 0.15) is 5.65 Å². The van der Waals surface area contributed by atoms with Gasteiger partial charge in [-0.05, 0) is 18.8 Å². The van der Waals surface area contributed by atoms with Gasteiger partial charge in [0.15, 0.2) is 11.4 Å². The van der Waals surface area contributed by atoms with E-state index in [1.807, 2.05) is 13.8 Å². The van der Waals surface area contributed by atoms with Crippen molar-refractivity contribution in [1.82, 2.24) is 19.5 Å². The summed E-state index contributed by atoms with van der Waals surface area (Å²) >= 11 is 0. The zero-order valence-electron chi connectivity index (χ0n) is 14.4. The minimum Gasteiger partial charge on any atom is -0.492 e. The fourth-order valence-corrected chi connectivity index (χ4v) is 2.63. The Morgan fingerprint density at radius 3 is 2.64 bits per heavy atom. The van der Waals surface area contributed by atoms with Crippen molar-refractivity contribution in [2.75, 3.05) is 5.32 Å². The Morgan fingerprint density at radius 2 is 2.08 bits per heavy atom. The summed E-state index contributed by atoms with van der Waals surface area (Å²) in [5, 5.41) is 19.8. The van der Waals surface area contributed by atoms with E-state index in [1.54, 1.807) is 0 Å². The molecule has 2 amide bonds. The molecule has 0 aromatic carbocycles. The van der Waals surface area contributed by atoms with Crippen molar-refractivity contribution in [3.63, 3.8) is 0 Å². The van der Waals surface area contributed by atoms with Crippen molar-refractivity contribution in [2.45, 2.75) is 46.2 Å². The van der Waals surface area contributed by atoms with Gasteiger partial charge in [0, 0.05) is 25.6 Å². The Bertz CT molecular complexity index is 907. The third kappa shape index (κ3) is 3.35. The summed E-state index contributed by atoms with van der Waals surface area (Å²) in [7, 11) is 0. The molecule has 25 heavy (non-hydrogen) atoms. The van der Waals surface area contributed by atoms with Gasteiger partial charge < -0.3 is 15.7 Å². The molecule has 1 aliphatic rings. The predicted molar refractivity (Wildman–Crippen MR) is 90.7 cm³/mol. The van der Waals surface area contributed by atoms with E-state index in [4.69, 9.17) is 0 Å². The lowest BCUT2D eigenvalue weighted by atomic mass is 10.2. The van der Waals surface area contributed by atoms with Gasteiger partial charge in [-0.15, -0.1) is 5.10 Å². The number of nitrogens with one attached hydrogen (secondary N) is 2. The molecule has 0 saturated heterocycles. The van der Waals surface area contributed by atoms with E-state index >= 15 is 0 Å². The molecular formula is C16H21N5O4. The Hall–Kier alpha value is -2.84. The molecule has 1 aliphatic carbocycles. The zero-order chi connectivity index (χ0) is 18.3. The van der Waals surface area contributed by atoms with Crippen LogP contribution in [0.1, 0.15) is 44.0 Å². The van der Waals surface area contributed by atoms with Gasteiger partial charge in [-0.3, -0.25) is 19.0 Å². The molecular weight excluding hydrogens is 326 g/mol. The number of aromatic nitrogens is 3. The lowest BCUT2D eigenvalue weighted by Gasteiger charge is -2.14. The Kier molecular flexibility index (Phi) is 4.23. The number of nitrogens with zero attached hydrogens (tertiary/aromatic N) is 3. The molecule has 0 atom stereocenters. The number of anilines is 1. The zero-order valence-corrected chi connectivity index (χ0v) is 14.4. The number of aromatic hydroxyl groups is 1. The number of hydrogen-bond donors (Lipinski definition) is 3. The van der Waals surface area contributed by atoms with E-state index in [2.05, 4.69) is 15.7 Å². The summed E-state index contributed by atoms with van der Waals surface area (Å²) < 4.78 is 2.50. The van der Waals surface area contributed by atoms with Crippen LogP contribution in [0.25, 0.3) is 5.65 Å². The molecule has 0 spiro atoms. The van der Waals surface area contributed by atoms with Crippen molar-refractivity contribution in [1.29, 1.82) is 0 Å². The first-order valence-electron chi connectivity index (χ1n) is 8.22. The number of amides is 2. The van der Waals surface area contributed by atoms with Crippen molar-refractivity contribution in [3.8, 4) is 5.88 Å². The van der Waals surface area contributed by atoms with Gasteiger partial charge >= 0.3 is 0 Å². The van der Waals surface area contributed by atoms with E-state index < -0.39 is 17.3 Å². The molecule has 2 heterocycles.